The molecule has 0 aliphatic carbocycles. The number of aromatic nitrogens is 2. The van der Waals surface area contributed by atoms with Gasteiger partial charge in [0, 0.05) is 16.5 Å². The molecule has 0 aliphatic rings. The molecule has 1 aromatic carbocycles. The SMILES string of the molecule is CC(C)(C)c1ncc(N(C(=O)O)C(C)(C)C)c(-c2ccccc2)n1. The van der Waals surface area contributed by atoms with Crippen molar-refractivity contribution in [1.82, 2.24) is 9.97 Å². The second kappa shape index (κ2) is 6.23. The third-order valence-corrected chi connectivity index (χ3v) is 3.59. The summed E-state index contributed by atoms with van der Waals surface area (Å²) >= 11 is 0. The molecule has 0 bridgehead atoms. The zero-order valence-electron chi connectivity index (χ0n) is 15.2. The highest BCUT2D eigenvalue weighted by molar-refractivity contribution is 5.92. The van der Waals surface area contributed by atoms with E-state index in [1.807, 2.05) is 71.9 Å². The third kappa shape index (κ3) is 3.72. The van der Waals surface area contributed by atoms with Crippen molar-refractivity contribution in [2.75, 3.05) is 4.90 Å². The molecule has 0 fully saturated rings. The lowest BCUT2D eigenvalue weighted by atomic mass is 9.95. The van der Waals surface area contributed by atoms with Crippen molar-refractivity contribution in [1.29, 1.82) is 0 Å². The Kier molecular flexibility index (Phi) is 4.65. The van der Waals surface area contributed by atoms with Gasteiger partial charge < -0.3 is 5.11 Å². The van der Waals surface area contributed by atoms with Gasteiger partial charge in [-0.25, -0.2) is 14.8 Å². The van der Waals surface area contributed by atoms with E-state index in [0.29, 0.717) is 17.2 Å². The average molecular weight is 327 g/mol. The Balaban J connectivity index is 2.74. The molecule has 0 saturated heterocycles. The first-order valence-electron chi connectivity index (χ1n) is 7.98. The van der Waals surface area contributed by atoms with Crippen LogP contribution in [0.3, 0.4) is 0 Å². The minimum atomic E-state index is -1.02. The number of nitrogens with zero attached hydrogens (tertiary/aromatic N) is 3. The number of hydrogen-bond acceptors (Lipinski definition) is 3. The molecule has 0 radical (unpaired) electrons. The van der Waals surface area contributed by atoms with Gasteiger partial charge in [-0.1, -0.05) is 51.1 Å². The van der Waals surface area contributed by atoms with E-state index in [1.165, 1.54) is 4.90 Å². The van der Waals surface area contributed by atoms with Crippen LogP contribution in [-0.4, -0.2) is 26.7 Å². The Morgan fingerprint density at radius 2 is 1.62 bits per heavy atom. The van der Waals surface area contributed by atoms with Crippen LogP contribution < -0.4 is 4.90 Å². The quantitative estimate of drug-likeness (QED) is 0.866. The Hall–Kier alpha value is -2.43. The summed E-state index contributed by atoms with van der Waals surface area (Å²) in [5.41, 5.74) is 1.16. The third-order valence-electron chi connectivity index (χ3n) is 3.59. The molecule has 0 spiro atoms. The van der Waals surface area contributed by atoms with Crippen LogP contribution in [0.15, 0.2) is 36.5 Å². The topological polar surface area (TPSA) is 66.3 Å². The van der Waals surface area contributed by atoms with Crippen LogP contribution in [-0.2, 0) is 5.41 Å². The first-order chi connectivity index (χ1) is 11.0. The summed E-state index contributed by atoms with van der Waals surface area (Å²) in [6.07, 6.45) is 0.599. The van der Waals surface area contributed by atoms with Crippen LogP contribution in [0.5, 0.6) is 0 Å². The monoisotopic (exact) mass is 327 g/mol. The van der Waals surface area contributed by atoms with Crippen molar-refractivity contribution in [3.05, 3.63) is 42.4 Å². The molecular formula is C19H25N3O2. The molecule has 24 heavy (non-hydrogen) atoms. The molecule has 2 aromatic rings. The second-order valence-electron chi connectivity index (χ2n) is 7.83. The summed E-state index contributed by atoms with van der Waals surface area (Å²) in [5, 5.41) is 9.73. The predicted molar refractivity (Wildman–Crippen MR) is 96.4 cm³/mol. The van der Waals surface area contributed by atoms with E-state index < -0.39 is 11.6 Å². The van der Waals surface area contributed by atoms with Crippen molar-refractivity contribution in [3.63, 3.8) is 0 Å². The van der Waals surface area contributed by atoms with Gasteiger partial charge in [-0.3, -0.25) is 4.90 Å². The van der Waals surface area contributed by atoms with Gasteiger partial charge in [0.2, 0.25) is 0 Å². The molecule has 5 heteroatoms. The first kappa shape index (κ1) is 17.9. The number of anilines is 1. The second-order valence-corrected chi connectivity index (χ2v) is 7.83. The predicted octanol–water partition coefficient (Wildman–Crippen LogP) is 4.72. The maximum Gasteiger partial charge on any atom is 0.412 e. The lowest BCUT2D eigenvalue weighted by molar-refractivity contribution is 0.195. The Bertz CT molecular complexity index is 729. The minimum Gasteiger partial charge on any atom is -0.465 e. The molecule has 1 N–H and O–H groups in total. The van der Waals surface area contributed by atoms with Gasteiger partial charge in [0.15, 0.2) is 0 Å². The van der Waals surface area contributed by atoms with Gasteiger partial charge in [0.05, 0.1) is 17.6 Å². The van der Waals surface area contributed by atoms with Crippen molar-refractivity contribution in [2.45, 2.75) is 52.5 Å². The van der Waals surface area contributed by atoms with Crippen LogP contribution in [0.2, 0.25) is 0 Å². The molecule has 1 heterocycles. The van der Waals surface area contributed by atoms with E-state index in [4.69, 9.17) is 4.98 Å². The van der Waals surface area contributed by atoms with Crippen LogP contribution >= 0.6 is 0 Å². The van der Waals surface area contributed by atoms with Crippen molar-refractivity contribution >= 4 is 11.8 Å². The molecule has 1 aromatic heterocycles. The Morgan fingerprint density at radius 3 is 2.08 bits per heavy atom. The number of rotatable bonds is 2. The van der Waals surface area contributed by atoms with E-state index in [1.54, 1.807) is 6.20 Å². The zero-order valence-corrected chi connectivity index (χ0v) is 15.2. The summed E-state index contributed by atoms with van der Waals surface area (Å²) in [6.45, 7) is 11.7. The van der Waals surface area contributed by atoms with Gasteiger partial charge in [-0.05, 0) is 20.8 Å². The summed E-state index contributed by atoms with van der Waals surface area (Å²) in [7, 11) is 0. The van der Waals surface area contributed by atoms with Crippen molar-refractivity contribution < 1.29 is 9.90 Å². The molecule has 1 amide bonds. The molecule has 5 nitrogen and oxygen atoms in total. The van der Waals surface area contributed by atoms with Gasteiger partial charge >= 0.3 is 6.09 Å². The molecular weight excluding hydrogens is 302 g/mol. The lowest BCUT2D eigenvalue weighted by Crippen LogP contribution is -2.45. The molecule has 0 saturated carbocycles. The Morgan fingerprint density at radius 1 is 1.04 bits per heavy atom. The largest absolute Gasteiger partial charge is 0.465 e. The first-order valence-corrected chi connectivity index (χ1v) is 7.98. The summed E-state index contributed by atoms with van der Waals surface area (Å²) in [4.78, 5) is 22.4. The van der Waals surface area contributed by atoms with Gasteiger partial charge in [0.1, 0.15) is 5.82 Å². The van der Waals surface area contributed by atoms with E-state index in [9.17, 15) is 9.90 Å². The van der Waals surface area contributed by atoms with E-state index in [0.717, 1.165) is 5.56 Å². The summed E-state index contributed by atoms with van der Waals surface area (Å²) in [6, 6.07) is 9.62. The number of amides is 1. The smallest absolute Gasteiger partial charge is 0.412 e. The normalized spacial score (nSPS) is 12.1. The van der Waals surface area contributed by atoms with E-state index in [2.05, 4.69) is 4.98 Å². The van der Waals surface area contributed by atoms with Gasteiger partial charge in [-0.2, -0.15) is 0 Å². The number of hydrogen-bond donors (Lipinski definition) is 1. The Labute approximate surface area is 143 Å². The molecule has 0 atom stereocenters. The highest BCUT2D eigenvalue weighted by Crippen LogP contribution is 2.34. The van der Waals surface area contributed by atoms with E-state index in [-0.39, 0.29) is 5.41 Å². The van der Waals surface area contributed by atoms with Crippen LogP contribution in [0.1, 0.15) is 47.4 Å². The summed E-state index contributed by atoms with van der Waals surface area (Å²) in [5.74, 6) is 0.685. The zero-order chi connectivity index (χ0) is 18.1. The van der Waals surface area contributed by atoms with Gasteiger partial charge in [-0.15, -0.1) is 0 Å². The standard InChI is InChI=1S/C19H25N3O2/c1-18(2,3)16-20-12-14(22(17(23)24)19(4,5)6)15(21-16)13-10-8-7-9-11-13/h7-12H,1-6H3,(H,23,24). The van der Waals surface area contributed by atoms with Crippen molar-refractivity contribution in [3.8, 4) is 11.3 Å². The molecule has 128 valence electrons. The number of carboxylic acid groups (broad SMARTS) is 1. The molecule has 2 rings (SSSR count). The average Bonchev–Trinajstić information content (AvgIpc) is 2.45. The van der Waals surface area contributed by atoms with Crippen molar-refractivity contribution in [2.24, 2.45) is 0 Å². The highest BCUT2D eigenvalue weighted by Gasteiger charge is 2.32. The minimum absolute atomic E-state index is 0.224. The van der Waals surface area contributed by atoms with Gasteiger partial charge in [0.25, 0.3) is 0 Å². The highest BCUT2D eigenvalue weighted by atomic mass is 16.4. The lowest BCUT2D eigenvalue weighted by Gasteiger charge is -2.34. The number of benzene rings is 1. The maximum atomic E-state index is 11.9. The van der Waals surface area contributed by atoms with Crippen LogP contribution in [0.25, 0.3) is 11.3 Å². The summed E-state index contributed by atoms with van der Waals surface area (Å²) < 4.78 is 0. The van der Waals surface area contributed by atoms with Crippen LogP contribution in [0.4, 0.5) is 10.5 Å². The number of carbonyl (C=O) groups is 1. The fourth-order valence-corrected chi connectivity index (χ4v) is 2.46. The molecule has 0 aliphatic heterocycles. The van der Waals surface area contributed by atoms with E-state index >= 15 is 0 Å². The fraction of sp³-hybridized carbons (Fsp3) is 0.421. The molecule has 0 unspecified atom stereocenters. The maximum absolute atomic E-state index is 11.9. The fourth-order valence-electron chi connectivity index (χ4n) is 2.46. The van der Waals surface area contributed by atoms with Crippen LogP contribution in [0, 0.1) is 0 Å².